The van der Waals surface area contributed by atoms with Gasteiger partial charge in [-0.3, -0.25) is 14.5 Å². The molecule has 0 radical (unpaired) electrons. The number of nitrogens with one attached hydrogen (secondary N) is 1. The van der Waals surface area contributed by atoms with Gasteiger partial charge < -0.3 is 5.32 Å². The predicted molar refractivity (Wildman–Crippen MR) is 94.4 cm³/mol. The standard InChI is InChI=1S/C19H17ClN2O2/c1-12-16-5-3-4-6-17(16)19(24)22(12)13(2)18(23)21-11-14-7-9-15(20)10-8-14/h3-10,13H,1,11H2,2H3,(H,21,23). The molecule has 0 bridgehead atoms. The fourth-order valence-corrected chi connectivity index (χ4v) is 2.90. The molecule has 1 unspecified atom stereocenters. The van der Waals surface area contributed by atoms with Crippen LogP contribution in [-0.4, -0.2) is 22.8 Å². The molecular formula is C19H17ClN2O2. The topological polar surface area (TPSA) is 49.4 Å². The monoisotopic (exact) mass is 340 g/mol. The van der Waals surface area contributed by atoms with Gasteiger partial charge in [0.25, 0.3) is 5.91 Å². The van der Waals surface area contributed by atoms with Gasteiger partial charge in [0.05, 0.1) is 0 Å². The first-order chi connectivity index (χ1) is 11.5. The number of halogens is 1. The van der Waals surface area contributed by atoms with Gasteiger partial charge in [-0.05, 0) is 30.7 Å². The summed E-state index contributed by atoms with van der Waals surface area (Å²) in [5.41, 5.74) is 2.86. The Morgan fingerprint density at radius 3 is 2.42 bits per heavy atom. The van der Waals surface area contributed by atoms with Gasteiger partial charge in [0.1, 0.15) is 6.04 Å². The molecule has 1 N–H and O–H groups in total. The highest BCUT2D eigenvalue weighted by atomic mass is 35.5. The molecule has 0 aliphatic carbocycles. The van der Waals surface area contributed by atoms with Crippen LogP contribution in [0.15, 0.2) is 55.1 Å². The van der Waals surface area contributed by atoms with Crippen molar-refractivity contribution in [3.05, 3.63) is 76.8 Å². The van der Waals surface area contributed by atoms with Gasteiger partial charge in [0.15, 0.2) is 0 Å². The van der Waals surface area contributed by atoms with E-state index in [4.69, 9.17) is 11.6 Å². The van der Waals surface area contributed by atoms with Crippen LogP contribution in [0.25, 0.3) is 5.70 Å². The summed E-state index contributed by atoms with van der Waals surface area (Å²) in [5.74, 6) is -0.419. The van der Waals surface area contributed by atoms with E-state index in [0.29, 0.717) is 22.8 Å². The summed E-state index contributed by atoms with van der Waals surface area (Å²) in [6, 6.07) is 13.9. The number of nitrogens with zero attached hydrogens (tertiary/aromatic N) is 1. The van der Waals surface area contributed by atoms with Gasteiger partial charge in [-0.15, -0.1) is 0 Å². The minimum absolute atomic E-state index is 0.190. The van der Waals surface area contributed by atoms with Crippen molar-refractivity contribution >= 4 is 29.1 Å². The molecule has 0 saturated heterocycles. The SMILES string of the molecule is C=C1c2ccccc2C(=O)N1C(C)C(=O)NCc1ccc(Cl)cc1. The molecule has 1 heterocycles. The Balaban J connectivity index is 1.69. The highest BCUT2D eigenvalue weighted by Crippen LogP contribution is 2.32. The Hall–Kier alpha value is -2.59. The third-order valence-electron chi connectivity index (χ3n) is 4.12. The van der Waals surface area contributed by atoms with E-state index in [2.05, 4.69) is 11.9 Å². The lowest BCUT2D eigenvalue weighted by Gasteiger charge is -2.24. The van der Waals surface area contributed by atoms with Crippen LogP contribution >= 0.6 is 11.6 Å². The third-order valence-corrected chi connectivity index (χ3v) is 4.38. The number of amides is 2. The van der Waals surface area contributed by atoms with Crippen molar-refractivity contribution in [1.82, 2.24) is 10.2 Å². The number of carbonyl (C=O) groups excluding carboxylic acids is 2. The first-order valence-corrected chi connectivity index (χ1v) is 8.01. The lowest BCUT2D eigenvalue weighted by Crippen LogP contribution is -2.44. The van der Waals surface area contributed by atoms with Crippen LogP contribution < -0.4 is 5.32 Å². The number of hydrogen-bond acceptors (Lipinski definition) is 2. The summed E-state index contributed by atoms with van der Waals surface area (Å²) >= 11 is 5.85. The molecule has 2 aromatic rings. The summed E-state index contributed by atoms with van der Waals surface area (Å²) in [6.07, 6.45) is 0. The van der Waals surface area contributed by atoms with Crippen LogP contribution in [-0.2, 0) is 11.3 Å². The molecule has 0 fully saturated rings. The fraction of sp³-hybridized carbons (Fsp3) is 0.158. The van der Waals surface area contributed by atoms with Crippen molar-refractivity contribution in [1.29, 1.82) is 0 Å². The van der Waals surface area contributed by atoms with E-state index in [-0.39, 0.29) is 11.8 Å². The molecular weight excluding hydrogens is 324 g/mol. The van der Waals surface area contributed by atoms with Crippen LogP contribution in [0.4, 0.5) is 0 Å². The Bertz CT molecular complexity index is 779. The van der Waals surface area contributed by atoms with Crippen molar-refractivity contribution < 1.29 is 9.59 Å². The van der Waals surface area contributed by atoms with Gasteiger partial charge in [-0.2, -0.15) is 0 Å². The third kappa shape index (κ3) is 2.93. The Labute approximate surface area is 145 Å². The van der Waals surface area contributed by atoms with E-state index in [0.717, 1.165) is 11.1 Å². The van der Waals surface area contributed by atoms with E-state index in [9.17, 15) is 9.59 Å². The number of benzene rings is 2. The highest BCUT2D eigenvalue weighted by molar-refractivity contribution is 6.30. The van der Waals surface area contributed by atoms with Crippen molar-refractivity contribution in [3.63, 3.8) is 0 Å². The van der Waals surface area contributed by atoms with Crippen LogP contribution in [0.1, 0.15) is 28.4 Å². The second-order valence-electron chi connectivity index (χ2n) is 5.69. The van der Waals surface area contributed by atoms with E-state index < -0.39 is 6.04 Å². The summed E-state index contributed by atoms with van der Waals surface area (Å²) in [4.78, 5) is 26.4. The maximum Gasteiger partial charge on any atom is 0.259 e. The van der Waals surface area contributed by atoms with E-state index in [1.54, 1.807) is 31.2 Å². The molecule has 1 aliphatic heterocycles. The fourth-order valence-electron chi connectivity index (χ4n) is 2.77. The van der Waals surface area contributed by atoms with E-state index in [1.807, 2.05) is 24.3 Å². The normalized spacial score (nSPS) is 14.5. The summed E-state index contributed by atoms with van der Waals surface area (Å²) < 4.78 is 0. The zero-order chi connectivity index (χ0) is 17.3. The maximum absolute atomic E-state index is 12.5. The van der Waals surface area contributed by atoms with Crippen molar-refractivity contribution in [2.75, 3.05) is 0 Å². The summed E-state index contributed by atoms with van der Waals surface area (Å²) in [6.45, 7) is 6.05. The molecule has 4 nitrogen and oxygen atoms in total. The minimum atomic E-state index is -0.635. The number of hydrogen-bond donors (Lipinski definition) is 1. The van der Waals surface area contributed by atoms with Gasteiger partial charge in [-0.1, -0.05) is 48.5 Å². The van der Waals surface area contributed by atoms with Crippen molar-refractivity contribution in [3.8, 4) is 0 Å². The zero-order valence-corrected chi connectivity index (χ0v) is 14.0. The molecule has 122 valence electrons. The summed E-state index contributed by atoms with van der Waals surface area (Å²) in [7, 11) is 0. The molecule has 3 rings (SSSR count). The van der Waals surface area contributed by atoms with Crippen LogP contribution in [0.5, 0.6) is 0 Å². The molecule has 5 heteroatoms. The van der Waals surface area contributed by atoms with Gasteiger partial charge in [0, 0.05) is 28.4 Å². The minimum Gasteiger partial charge on any atom is -0.350 e. The van der Waals surface area contributed by atoms with E-state index in [1.165, 1.54) is 4.90 Å². The molecule has 2 amide bonds. The average Bonchev–Trinajstić information content (AvgIpc) is 2.85. The Kier molecular flexibility index (Phi) is 4.40. The second kappa shape index (κ2) is 6.49. The second-order valence-corrected chi connectivity index (χ2v) is 6.12. The zero-order valence-electron chi connectivity index (χ0n) is 13.3. The molecule has 2 aromatic carbocycles. The van der Waals surface area contributed by atoms with Crippen LogP contribution in [0, 0.1) is 0 Å². The van der Waals surface area contributed by atoms with Crippen LogP contribution in [0.3, 0.4) is 0 Å². The lowest BCUT2D eigenvalue weighted by molar-refractivity contribution is -0.124. The Morgan fingerprint density at radius 2 is 1.79 bits per heavy atom. The van der Waals surface area contributed by atoms with Crippen molar-refractivity contribution in [2.24, 2.45) is 0 Å². The van der Waals surface area contributed by atoms with Crippen LogP contribution in [0.2, 0.25) is 5.02 Å². The van der Waals surface area contributed by atoms with Gasteiger partial charge in [-0.25, -0.2) is 0 Å². The molecule has 1 atom stereocenters. The smallest absolute Gasteiger partial charge is 0.259 e. The number of rotatable bonds is 4. The Morgan fingerprint density at radius 1 is 1.17 bits per heavy atom. The molecule has 0 spiro atoms. The molecule has 0 saturated carbocycles. The first-order valence-electron chi connectivity index (χ1n) is 7.63. The number of fused-ring (bicyclic) bond motifs is 1. The first kappa shape index (κ1) is 16.3. The largest absolute Gasteiger partial charge is 0.350 e. The molecule has 24 heavy (non-hydrogen) atoms. The quantitative estimate of drug-likeness (QED) is 0.926. The summed E-state index contributed by atoms with van der Waals surface area (Å²) in [5, 5.41) is 3.49. The maximum atomic E-state index is 12.5. The van der Waals surface area contributed by atoms with Gasteiger partial charge in [0.2, 0.25) is 5.91 Å². The molecule has 0 aromatic heterocycles. The average molecular weight is 341 g/mol. The predicted octanol–water partition coefficient (Wildman–Crippen LogP) is 3.47. The van der Waals surface area contributed by atoms with Crippen molar-refractivity contribution in [2.45, 2.75) is 19.5 Å². The number of carbonyl (C=O) groups is 2. The highest BCUT2D eigenvalue weighted by Gasteiger charge is 2.36. The van der Waals surface area contributed by atoms with Gasteiger partial charge >= 0.3 is 0 Å². The lowest BCUT2D eigenvalue weighted by atomic mass is 10.1. The molecule has 1 aliphatic rings. The van der Waals surface area contributed by atoms with E-state index >= 15 is 0 Å².